The van der Waals surface area contributed by atoms with E-state index in [1.165, 1.54) is 28.6 Å². The number of hydrogen-bond donors (Lipinski definition) is 5. The number of rotatable bonds is 10. The van der Waals surface area contributed by atoms with Crippen molar-refractivity contribution >= 4 is 76.8 Å². The van der Waals surface area contributed by atoms with E-state index in [1.807, 2.05) is 30.7 Å². The third kappa shape index (κ3) is 16.3. The van der Waals surface area contributed by atoms with Crippen molar-refractivity contribution in [3.05, 3.63) is 33.9 Å². The first-order valence-electron chi connectivity index (χ1n) is 16.3. The van der Waals surface area contributed by atoms with Crippen LogP contribution in [0.1, 0.15) is 40.4 Å². The molecule has 1 amide bonds. The van der Waals surface area contributed by atoms with Gasteiger partial charge < -0.3 is 39.4 Å². The minimum absolute atomic E-state index is 0.0964. The Morgan fingerprint density at radius 2 is 1.93 bits per heavy atom. The molecule has 0 spiro atoms. The number of aromatic nitrogens is 5. The molecule has 298 valence electrons. The number of halogens is 2. The van der Waals surface area contributed by atoms with Crippen LogP contribution >= 0.6 is 30.7 Å². The molecule has 17 nitrogen and oxygen atoms in total. The van der Waals surface area contributed by atoms with E-state index in [1.54, 1.807) is 0 Å². The number of carboxylic acid groups (broad SMARTS) is 1. The summed E-state index contributed by atoms with van der Waals surface area (Å²) in [6.07, 6.45) is 12.1. The maximum atomic E-state index is 14.5. The van der Waals surface area contributed by atoms with Gasteiger partial charge in [0.2, 0.25) is 22.0 Å². The molecule has 3 aromatic rings. The summed E-state index contributed by atoms with van der Waals surface area (Å²) in [5.41, 5.74) is 0.678. The number of benzene rings is 1. The van der Waals surface area contributed by atoms with E-state index in [0.29, 0.717) is 39.0 Å². The maximum absolute atomic E-state index is 14.5. The second-order valence-corrected chi connectivity index (χ2v) is 18.2. The van der Waals surface area contributed by atoms with Gasteiger partial charge in [-0.15, -0.1) is 6.42 Å². The predicted molar refractivity (Wildman–Crippen MR) is 209 cm³/mol. The molecule has 1 atom stereocenters. The summed E-state index contributed by atoms with van der Waals surface area (Å²) in [5, 5.41) is 16.2. The molecule has 4 heterocycles. The molecule has 0 aliphatic carbocycles. The standard InChI is InChI=1S/C18H17FN4O2S.C8H14ClN5.C3H8NO5P.C3H9S/c1-4-5-22-13-7-12(11(19)6-14(13)25-9-16(22)24)20-17-23-10-18(2,3)8-15(23)21-26-17;1-4-10-7-12-6(9)13-8(14-7)11-5(2)3;5-3(6)1-4-2-10(7,8)9;1-4(2)3/h1,6-7H,5,8-10H2,2-3H3;5H,4H2,1-3H3,(H2,10,11,12,13,14);4H,1-2H2,(H,5,6)(H2,7,8,9);1-3H3/q;;;+1/p-1/b20-17-;;;. The average molecular weight is 833 g/mol. The Morgan fingerprint density at radius 1 is 1.28 bits per heavy atom. The number of carbonyl (C=O) groups excluding carboxylic acids is 1. The molecule has 22 heteroatoms. The van der Waals surface area contributed by atoms with Crippen LogP contribution in [0.3, 0.4) is 0 Å². The molecule has 2 aromatic heterocycles. The lowest BCUT2D eigenvalue weighted by molar-refractivity contribution is -0.193. The van der Waals surface area contributed by atoms with Crippen molar-refractivity contribution in [2.75, 3.05) is 66.8 Å². The Labute approximate surface area is 325 Å². The summed E-state index contributed by atoms with van der Waals surface area (Å²) in [6, 6.07) is 3.02. The normalized spacial score (nSPS) is 15.2. The van der Waals surface area contributed by atoms with Crippen molar-refractivity contribution in [2.24, 2.45) is 10.4 Å². The SMILES string of the molecule is C#CCN1C(=O)COc2cc(F)c(/N=c3\snc4n3CC(C)(C)C4)cc21.CCNc1nc(Cl)nc(NC(C)C)n1.C[S+](C)C.O=C(O)CNCP(=O)([O-])O. The Kier molecular flexibility index (Phi) is 18.3. The number of anilines is 3. The minimum atomic E-state index is -4.35. The van der Waals surface area contributed by atoms with Crippen molar-refractivity contribution < 1.29 is 38.2 Å². The van der Waals surface area contributed by atoms with Crippen LogP contribution in [0.5, 0.6) is 5.75 Å². The molecule has 2 aliphatic heterocycles. The van der Waals surface area contributed by atoms with E-state index < -0.39 is 32.2 Å². The lowest BCUT2D eigenvalue weighted by Crippen LogP contribution is -2.39. The molecule has 0 saturated heterocycles. The quantitative estimate of drug-likeness (QED) is 0.112. The number of terminal acetylenes is 1. The van der Waals surface area contributed by atoms with Gasteiger partial charge in [-0.1, -0.05) is 19.8 Å². The molecule has 0 bridgehead atoms. The largest absolute Gasteiger partial charge is 0.778 e. The first-order chi connectivity index (χ1) is 25.1. The second kappa shape index (κ2) is 21.3. The smallest absolute Gasteiger partial charge is 0.317 e. The number of amides is 1. The van der Waals surface area contributed by atoms with E-state index in [4.69, 9.17) is 32.8 Å². The van der Waals surface area contributed by atoms with Gasteiger partial charge in [-0.25, -0.2) is 9.38 Å². The van der Waals surface area contributed by atoms with Crippen LogP contribution in [-0.2, 0) is 38.0 Å². The monoisotopic (exact) mass is 832 g/mol. The van der Waals surface area contributed by atoms with E-state index in [0.717, 1.165) is 25.3 Å². The molecule has 5 rings (SSSR count). The molecular formula is C32H47ClFN10O7PS2. The minimum Gasteiger partial charge on any atom is -0.778 e. The maximum Gasteiger partial charge on any atom is 0.317 e. The molecule has 0 fully saturated rings. The van der Waals surface area contributed by atoms with Crippen molar-refractivity contribution in [3.63, 3.8) is 0 Å². The first kappa shape index (κ1) is 46.3. The van der Waals surface area contributed by atoms with Gasteiger partial charge in [0.05, 0.1) is 43.8 Å². The van der Waals surface area contributed by atoms with Crippen LogP contribution in [0, 0.1) is 23.6 Å². The van der Waals surface area contributed by atoms with Gasteiger partial charge in [0, 0.05) is 43.2 Å². The summed E-state index contributed by atoms with van der Waals surface area (Å²) >= 11 is 6.97. The number of carboxylic acids is 1. The van der Waals surface area contributed by atoms with E-state index in [2.05, 4.69) is 73.5 Å². The molecule has 1 aromatic carbocycles. The highest BCUT2D eigenvalue weighted by Crippen LogP contribution is 2.37. The summed E-state index contributed by atoms with van der Waals surface area (Å²) in [4.78, 5) is 58.3. The van der Waals surface area contributed by atoms with Gasteiger partial charge in [0.1, 0.15) is 24.9 Å². The van der Waals surface area contributed by atoms with E-state index >= 15 is 0 Å². The number of hydrogen-bond acceptors (Lipinski definition) is 14. The van der Waals surface area contributed by atoms with Gasteiger partial charge in [-0.3, -0.25) is 19.8 Å². The van der Waals surface area contributed by atoms with Gasteiger partial charge in [0.15, 0.2) is 12.4 Å². The van der Waals surface area contributed by atoms with Gasteiger partial charge in [0.25, 0.3) is 5.91 Å². The summed E-state index contributed by atoms with van der Waals surface area (Å²) in [7, 11) is -3.71. The highest BCUT2D eigenvalue weighted by atomic mass is 35.5. The van der Waals surface area contributed by atoms with Gasteiger partial charge >= 0.3 is 5.97 Å². The molecular weight excluding hydrogens is 786 g/mol. The van der Waals surface area contributed by atoms with Crippen LogP contribution in [0.2, 0.25) is 5.28 Å². The molecule has 0 radical (unpaired) electrons. The zero-order valence-corrected chi connectivity index (χ0v) is 34.6. The van der Waals surface area contributed by atoms with Crippen LogP contribution in [0.4, 0.5) is 27.7 Å². The van der Waals surface area contributed by atoms with Crippen LogP contribution in [-0.4, -0.2) is 103 Å². The van der Waals surface area contributed by atoms with E-state index in [9.17, 15) is 23.4 Å². The first-order valence-corrected chi connectivity index (χ1v) is 21.7. The van der Waals surface area contributed by atoms with Gasteiger partial charge in [-0.2, -0.15) is 19.3 Å². The van der Waals surface area contributed by atoms with Gasteiger partial charge in [-0.05, 0) is 54.7 Å². The van der Waals surface area contributed by atoms with E-state index in [-0.39, 0.29) is 41.5 Å². The fraction of sp³-hybridized carbons (Fsp3) is 0.531. The van der Waals surface area contributed by atoms with Crippen molar-refractivity contribution in [1.29, 1.82) is 0 Å². The predicted octanol–water partition coefficient (Wildman–Crippen LogP) is 2.69. The van der Waals surface area contributed by atoms with Crippen LogP contribution in [0.25, 0.3) is 0 Å². The number of fused-ring (bicyclic) bond motifs is 2. The fourth-order valence-corrected chi connectivity index (χ4v) is 5.77. The van der Waals surface area contributed by atoms with Crippen LogP contribution in [0.15, 0.2) is 17.1 Å². The Hall–Kier alpha value is -3.83. The lowest BCUT2D eigenvalue weighted by atomic mass is 9.92. The Balaban J connectivity index is 0.000000303. The molecule has 54 heavy (non-hydrogen) atoms. The van der Waals surface area contributed by atoms with Crippen molar-refractivity contribution in [3.8, 4) is 18.1 Å². The molecule has 2 aliphatic rings. The number of nitrogens with zero attached hydrogens (tertiary/aromatic N) is 7. The highest BCUT2D eigenvalue weighted by Gasteiger charge is 2.31. The number of aliphatic carboxylic acids is 1. The fourth-order valence-electron chi connectivity index (χ4n) is 4.46. The summed E-state index contributed by atoms with van der Waals surface area (Å²) < 4.78 is 36.3. The summed E-state index contributed by atoms with van der Waals surface area (Å²) in [5.74, 6) is 2.74. The number of ether oxygens (including phenoxy) is 1. The second-order valence-electron chi connectivity index (χ2n) is 13.1. The average Bonchev–Trinajstić information content (AvgIpc) is 3.53. The van der Waals surface area contributed by atoms with Crippen LogP contribution < -0.4 is 35.3 Å². The topological polar surface area (TPSA) is 232 Å². The third-order valence-electron chi connectivity index (χ3n) is 6.38. The molecule has 5 N–H and O–H groups in total. The Morgan fingerprint density at radius 3 is 2.50 bits per heavy atom. The lowest BCUT2D eigenvalue weighted by Gasteiger charge is -2.28. The molecule has 0 saturated carbocycles. The van der Waals surface area contributed by atoms with Crippen molar-refractivity contribution in [1.82, 2.24) is 29.2 Å². The zero-order chi connectivity index (χ0) is 40.8. The zero-order valence-electron chi connectivity index (χ0n) is 31.3. The number of carbonyl (C=O) groups is 2. The highest BCUT2D eigenvalue weighted by molar-refractivity contribution is 7.94. The number of nitrogens with one attached hydrogen (secondary N) is 3. The summed E-state index contributed by atoms with van der Waals surface area (Å²) in [6.45, 7) is 11.3. The van der Waals surface area contributed by atoms with Crippen molar-refractivity contribution in [2.45, 2.75) is 53.6 Å². The molecule has 1 unspecified atom stereocenters. The third-order valence-corrected chi connectivity index (χ3v) is 7.95. The Bertz CT molecular complexity index is 1900.